The number of methoxy groups -OCH3 is 1. The van der Waals surface area contributed by atoms with Crippen LogP contribution in [0.15, 0.2) is 42.5 Å². The van der Waals surface area contributed by atoms with E-state index in [1.807, 2.05) is 5.32 Å². The number of carbonyl (C=O) groups is 1. The molecule has 25 heavy (non-hydrogen) atoms. The summed E-state index contributed by atoms with van der Waals surface area (Å²) >= 11 is 0. The van der Waals surface area contributed by atoms with Crippen LogP contribution in [0, 0.1) is 0 Å². The van der Waals surface area contributed by atoms with Crippen molar-refractivity contribution in [3.8, 4) is 5.75 Å². The third kappa shape index (κ3) is 4.65. The van der Waals surface area contributed by atoms with E-state index in [1.54, 1.807) is 0 Å². The molecule has 2 aromatic rings. The van der Waals surface area contributed by atoms with Gasteiger partial charge in [-0.2, -0.15) is 26.3 Å². The molecule has 0 saturated carbocycles. The second kappa shape index (κ2) is 6.66. The number of halogens is 6. The Morgan fingerprint density at radius 2 is 1.36 bits per heavy atom. The fourth-order valence-corrected chi connectivity index (χ4v) is 1.97. The van der Waals surface area contributed by atoms with Gasteiger partial charge in [0.2, 0.25) is 0 Å². The predicted molar refractivity (Wildman–Crippen MR) is 77.4 cm³/mol. The third-order valence-electron chi connectivity index (χ3n) is 3.20. The van der Waals surface area contributed by atoms with E-state index in [4.69, 9.17) is 4.74 Å². The van der Waals surface area contributed by atoms with Gasteiger partial charge in [-0.3, -0.25) is 4.79 Å². The molecule has 0 aliphatic heterocycles. The van der Waals surface area contributed by atoms with E-state index in [1.165, 1.54) is 31.4 Å². The maximum absolute atomic E-state index is 12.8. The summed E-state index contributed by atoms with van der Waals surface area (Å²) in [4.78, 5) is 12.0. The molecular weight excluding hydrogens is 352 g/mol. The van der Waals surface area contributed by atoms with Crippen molar-refractivity contribution in [3.05, 3.63) is 59.2 Å². The van der Waals surface area contributed by atoms with Crippen LogP contribution >= 0.6 is 0 Å². The molecule has 0 saturated heterocycles. The molecule has 0 aliphatic rings. The van der Waals surface area contributed by atoms with Crippen molar-refractivity contribution in [2.24, 2.45) is 0 Å². The van der Waals surface area contributed by atoms with Crippen LogP contribution in [-0.2, 0) is 12.4 Å². The summed E-state index contributed by atoms with van der Waals surface area (Å²) in [6, 6.07) is 6.39. The van der Waals surface area contributed by atoms with E-state index in [9.17, 15) is 31.1 Å². The van der Waals surface area contributed by atoms with E-state index in [-0.39, 0.29) is 11.6 Å². The molecule has 0 unspecified atom stereocenters. The minimum atomic E-state index is -4.99. The highest BCUT2D eigenvalue weighted by Crippen LogP contribution is 2.37. The molecule has 0 fully saturated rings. The van der Waals surface area contributed by atoms with E-state index in [0.717, 1.165) is 0 Å². The molecule has 9 heteroatoms. The summed E-state index contributed by atoms with van der Waals surface area (Å²) in [7, 11) is 1.40. The monoisotopic (exact) mass is 363 g/mol. The Morgan fingerprint density at radius 1 is 0.880 bits per heavy atom. The topological polar surface area (TPSA) is 38.3 Å². The lowest BCUT2D eigenvalue weighted by Crippen LogP contribution is -2.15. The molecular formula is C16H11F6NO2. The van der Waals surface area contributed by atoms with Crippen LogP contribution < -0.4 is 10.1 Å². The van der Waals surface area contributed by atoms with Crippen LogP contribution in [0.4, 0.5) is 32.0 Å². The average Bonchev–Trinajstić information content (AvgIpc) is 2.53. The predicted octanol–water partition coefficient (Wildman–Crippen LogP) is 4.99. The number of amides is 1. The molecule has 2 aromatic carbocycles. The summed E-state index contributed by atoms with van der Waals surface area (Å²) in [6.45, 7) is 0. The molecule has 0 bridgehead atoms. The first-order valence-corrected chi connectivity index (χ1v) is 6.75. The first kappa shape index (κ1) is 18.6. The van der Waals surface area contributed by atoms with Gasteiger partial charge in [0.15, 0.2) is 0 Å². The van der Waals surface area contributed by atoms with Crippen LogP contribution in [-0.4, -0.2) is 13.0 Å². The Morgan fingerprint density at radius 3 is 1.76 bits per heavy atom. The van der Waals surface area contributed by atoms with Gasteiger partial charge in [-0.05, 0) is 42.5 Å². The molecule has 0 aliphatic carbocycles. The van der Waals surface area contributed by atoms with Gasteiger partial charge < -0.3 is 10.1 Å². The zero-order valence-electron chi connectivity index (χ0n) is 12.6. The zero-order valence-corrected chi connectivity index (χ0v) is 12.6. The van der Waals surface area contributed by atoms with Crippen molar-refractivity contribution in [2.75, 3.05) is 12.4 Å². The highest BCUT2D eigenvalue weighted by Gasteiger charge is 2.37. The second-order valence-corrected chi connectivity index (χ2v) is 4.98. The van der Waals surface area contributed by atoms with Crippen LogP contribution in [0.25, 0.3) is 0 Å². The van der Waals surface area contributed by atoms with Crippen molar-refractivity contribution in [1.82, 2.24) is 0 Å². The minimum absolute atomic E-state index is 0.0109. The van der Waals surface area contributed by atoms with Gasteiger partial charge in [-0.15, -0.1) is 0 Å². The number of hydrogen-bond acceptors (Lipinski definition) is 2. The fraction of sp³-hybridized carbons (Fsp3) is 0.188. The zero-order chi connectivity index (χ0) is 18.8. The minimum Gasteiger partial charge on any atom is -0.497 e. The van der Waals surface area contributed by atoms with Crippen LogP contribution in [0.1, 0.15) is 21.5 Å². The van der Waals surface area contributed by atoms with E-state index >= 15 is 0 Å². The Bertz CT molecular complexity index is 733. The van der Waals surface area contributed by atoms with Crippen molar-refractivity contribution in [1.29, 1.82) is 0 Å². The second-order valence-electron chi connectivity index (χ2n) is 4.98. The molecule has 0 heterocycles. The van der Waals surface area contributed by atoms with Crippen LogP contribution in [0.2, 0.25) is 0 Å². The summed E-state index contributed by atoms with van der Waals surface area (Å²) in [5, 5.41) is 2.04. The first-order chi connectivity index (χ1) is 11.5. The maximum Gasteiger partial charge on any atom is 0.416 e. The third-order valence-corrected chi connectivity index (χ3v) is 3.20. The molecule has 1 N–H and O–H groups in total. The molecule has 134 valence electrons. The summed E-state index contributed by atoms with van der Waals surface area (Å²) < 4.78 is 81.6. The Labute approximate surface area is 138 Å². The fourth-order valence-electron chi connectivity index (χ4n) is 1.97. The van der Waals surface area contributed by atoms with E-state index < -0.39 is 35.1 Å². The smallest absolute Gasteiger partial charge is 0.416 e. The van der Waals surface area contributed by atoms with Gasteiger partial charge in [-0.1, -0.05) is 0 Å². The van der Waals surface area contributed by atoms with E-state index in [2.05, 4.69) is 0 Å². The highest BCUT2D eigenvalue weighted by molar-refractivity contribution is 6.04. The van der Waals surface area contributed by atoms with Crippen molar-refractivity contribution in [3.63, 3.8) is 0 Å². The lowest BCUT2D eigenvalue weighted by atomic mass is 10.1. The lowest BCUT2D eigenvalue weighted by molar-refractivity contribution is -0.143. The van der Waals surface area contributed by atoms with Gasteiger partial charge in [0.1, 0.15) is 5.75 Å². The number of alkyl halides is 6. The van der Waals surface area contributed by atoms with Crippen molar-refractivity contribution >= 4 is 11.6 Å². The number of nitrogens with one attached hydrogen (secondary N) is 1. The number of anilines is 1. The van der Waals surface area contributed by atoms with Crippen LogP contribution in [0.3, 0.4) is 0 Å². The number of benzene rings is 2. The normalized spacial score (nSPS) is 12.0. The molecule has 0 spiro atoms. The maximum atomic E-state index is 12.8. The quantitative estimate of drug-likeness (QED) is 0.781. The standard InChI is InChI=1S/C16H11F6NO2/c1-25-13-4-2-9(3-5-13)14(24)23-12-7-10(15(17,18)19)6-11(8-12)16(20,21)22/h2-8H,1H3,(H,23,24). The van der Waals surface area contributed by atoms with Gasteiger partial charge >= 0.3 is 12.4 Å². The molecule has 0 radical (unpaired) electrons. The Kier molecular flexibility index (Phi) is 4.96. The molecule has 0 atom stereocenters. The van der Waals surface area contributed by atoms with Crippen LogP contribution in [0.5, 0.6) is 5.75 Å². The molecule has 2 rings (SSSR count). The Hall–Kier alpha value is -2.71. The number of rotatable bonds is 3. The number of ether oxygens (including phenoxy) is 1. The van der Waals surface area contributed by atoms with E-state index in [0.29, 0.717) is 17.9 Å². The molecule has 1 amide bonds. The van der Waals surface area contributed by atoms with Gasteiger partial charge in [0.25, 0.3) is 5.91 Å². The molecule has 3 nitrogen and oxygen atoms in total. The average molecular weight is 363 g/mol. The number of carbonyl (C=O) groups excluding carboxylic acids is 1. The SMILES string of the molecule is COc1ccc(C(=O)Nc2cc(C(F)(F)F)cc(C(F)(F)F)c2)cc1. The summed E-state index contributed by atoms with van der Waals surface area (Å²) in [5.41, 5.74) is -3.57. The highest BCUT2D eigenvalue weighted by atomic mass is 19.4. The lowest BCUT2D eigenvalue weighted by Gasteiger charge is -2.15. The summed E-state index contributed by atoms with van der Waals surface area (Å²) in [5.74, 6) is -0.412. The Balaban J connectivity index is 2.35. The van der Waals surface area contributed by atoms with Gasteiger partial charge in [0.05, 0.1) is 18.2 Å². The summed E-state index contributed by atoms with van der Waals surface area (Å²) in [6.07, 6.45) is -9.97. The van der Waals surface area contributed by atoms with Crippen molar-refractivity contribution < 1.29 is 35.9 Å². The van der Waals surface area contributed by atoms with Gasteiger partial charge in [0, 0.05) is 11.3 Å². The van der Waals surface area contributed by atoms with Crippen molar-refractivity contribution in [2.45, 2.75) is 12.4 Å². The largest absolute Gasteiger partial charge is 0.497 e. The number of hydrogen-bond donors (Lipinski definition) is 1. The molecule has 0 aromatic heterocycles. The van der Waals surface area contributed by atoms with Gasteiger partial charge in [-0.25, -0.2) is 0 Å². The first-order valence-electron chi connectivity index (χ1n) is 6.75.